The smallest absolute Gasteiger partial charge is 0.228 e. The van der Waals surface area contributed by atoms with Crippen LogP contribution in [0.3, 0.4) is 0 Å². The van der Waals surface area contributed by atoms with Gasteiger partial charge >= 0.3 is 0 Å². The van der Waals surface area contributed by atoms with Crippen molar-refractivity contribution in [3.63, 3.8) is 0 Å². The van der Waals surface area contributed by atoms with E-state index in [1.165, 1.54) is 0 Å². The third-order valence-electron chi connectivity index (χ3n) is 4.63. The van der Waals surface area contributed by atoms with Crippen molar-refractivity contribution in [2.45, 2.75) is 25.2 Å². The molecule has 140 valence electrons. The van der Waals surface area contributed by atoms with Crippen LogP contribution in [0.25, 0.3) is 10.8 Å². The van der Waals surface area contributed by atoms with Crippen LogP contribution >= 0.6 is 0 Å². The lowest BCUT2D eigenvalue weighted by Crippen LogP contribution is -2.32. The number of carbonyl (C=O) groups is 1. The van der Waals surface area contributed by atoms with Crippen molar-refractivity contribution in [1.82, 2.24) is 0 Å². The van der Waals surface area contributed by atoms with Crippen LogP contribution in [0.15, 0.2) is 71.6 Å². The van der Waals surface area contributed by atoms with Crippen molar-refractivity contribution < 1.29 is 13.2 Å². The zero-order chi connectivity index (χ0) is 19.4. The summed E-state index contributed by atoms with van der Waals surface area (Å²) < 4.78 is 25.0. The molecule has 27 heavy (non-hydrogen) atoms. The number of carbonyl (C=O) groups excluding carboxylic acids is 1. The van der Waals surface area contributed by atoms with Gasteiger partial charge in [-0.15, -0.1) is 0 Å². The van der Waals surface area contributed by atoms with E-state index in [2.05, 4.69) is 0 Å². The standard InChI is InChI=1S/C22H23NO3S/c1-3-23(20-11-10-18-6-4-5-7-19(18)16-20)22(24)14-15-27(25,26)21-12-8-17(2)9-13-21/h4-13,16H,3,14-15H2,1-2H3. The fourth-order valence-corrected chi connectivity index (χ4v) is 4.30. The Morgan fingerprint density at radius 3 is 2.26 bits per heavy atom. The molecular weight excluding hydrogens is 358 g/mol. The predicted octanol–water partition coefficient (Wildman–Crippen LogP) is 4.37. The lowest BCUT2D eigenvalue weighted by Gasteiger charge is -2.21. The fraction of sp³-hybridized carbons (Fsp3) is 0.227. The summed E-state index contributed by atoms with van der Waals surface area (Å²) in [6.45, 7) is 4.28. The Balaban J connectivity index is 1.75. The molecule has 0 fully saturated rings. The summed E-state index contributed by atoms with van der Waals surface area (Å²) in [5.74, 6) is -0.387. The van der Waals surface area contributed by atoms with Gasteiger partial charge in [-0.3, -0.25) is 4.79 Å². The van der Waals surface area contributed by atoms with Crippen LogP contribution < -0.4 is 4.90 Å². The van der Waals surface area contributed by atoms with E-state index in [0.717, 1.165) is 22.0 Å². The van der Waals surface area contributed by atoms with Crippen LogP contribution in [0, 0.1) is 6.92 Å². The summed E-state index contributed by atoms with van der Waals surface area (Å²) in [7, 11) is -3.48. The maximum atomic E-state index is 12.7. The first kappa shape index (κ1) is 19.1. The maximum absolute atomic E-state index is 12.7. The van der Waals surface area contributed by atoms with E-state index >= 15 is 0 Å². The molecule has 0 aliphatic heterocycles. The summed E-state index contributed by atoms with van der Waals surface area (Å²) in [6.07, 6.45) is -0.0448. The summed E-state index contributed by atoms with van der Waals surface area (Å²) in [6, 6.07) is 20.5. The second kappa shape index (κ2) is 7.92. The molecule has 3 rings (SSSR count). The number of fused-ring (bicyclic) bond motifs is 1. The van der Waals surface area contributed by atoms with Crippen molar-refractivity contribution in [2.24, 2.45) is 0 Å². The zero-order valence-corrected chi connectivity index (χ0v) is 16.4. The third-order valence-corrected chi connectivity index (χ3v) is 6.36. The lowest BCUT2D eigenvalue weighted by molar-refractivity contribution is -0.118. The predicted molar refractivity (Wildman–Crippen MR) is 110 cm³/mol. The molecule has 3 aromatic carbocycles. The SMILES string of the molecule is CCN(C(=O)CCS(=O)(=O)c1ccc(C)cc1)c1ccc2ccccc2c1. The van der Waals surface area contributed by atoms with E-state index in [4.69, 9.17) is 0 Å². The maximum Gasteiger partial charge on any atom is 0.228 e. The highest BCUT2D eigenvalue weighted by molar-refractivity contribution is 7.91. The number of benzene rings is 3. The first-order valence-electron chi connectivity index (χ1n) is 8.99. The van der Waals surface area contributed by atoms with Crippen LogP contribution in [-0.2, 0) is 14.6 Å². The van der Waals surface area contributed by atoms with Crippen molar-refractivity contribution in [1.29, 1.82) is 0 Å². The normalized spacial score (nSPS) is 11.5. The quantitative estimate of drug-likeness (QED) is 0.637. The summed E-state index contributed by atoms with van der Waals surface area (Å²) in [4.78, 5) is 14.6. The molecule has 0 N–H and O–H groups in total. The van der Waals surface area contributed by atoms with Gasteiger partial charge < -0.3 is 4.90 Å². The Bertz CT molecular complexity index is 1060. The molecule has 1 amide bonds. The largest absolute Gasteiger partial charge is 0.313 e. The summed E-state index contributed by atoms with van der Waals surface area (Å²) in [5.41, 5.74) is 1.78. The lowest BCUT2D eigenvalue weighted by atomic mass is 10.1. The Morgan fingerprint density at radius 1 is 0.926 bits per heavy atom. The molecule has 0 atom stereocenters. The van der Waals surface area contributed by atoms with Gasteiger partial charge in [-0.2, -0.15) is 0 Å². The zero-order valence-electron chi connectivity index (χ0n) is 15.6. The van der Waals surface area contributed by atoms with Crippen LogP contribution in [-0.4, -0.2) is 26.6 Å². The van der Waals surface area contributed by atoms with E-state index in [9.17, 15) is 13.2 Å². The van der Waals surface area contributed by atoms with E-state index in [-0.39, 0.29) is 23.0 Å². The number of rotatable bonds is 6. The molecule has 0 aromatic heterocycles. The number of anilines is 1. The van der Waals surface area contributed by atoms with Gasteiger partial charge in [0.05, 0.1) is 10.6 Å². The van der Waals surface area contributed by atoms with Crippen LogP contribution in [0.5, 0.6) is 0 Å². The van der Waals surface area contributed by atoms with Crippen molar-refractivity contribution in [2.75, 3.05) is 17.2 Å². The molecular formula is C22H23NO3S. The molecule has 0 aliphatic rings. The van der Waals surface area contributed by atoms with Gasteiger partial charge in [-0.05, 0) is 48.9 Å². The average Bonchev–Trinajstić information content (AvgIpc) is 2.67. The number of hydrogen-bond acceptors (Lipinski definition) is 3. The molecule has 0 spiro atoms. The molecule has 0 aliphatic carbocycles. The average molecular weight is 381 g/mol. The number of hydrogen-bond donors (Lipinski definition) is 0. The highest BCUT2D eigenvalue weighted by atomic mass is 32.2. The van der Waals surface area contributed by atoms with Gasteiger partial charge in [0.2, 0.25) is 5.91 Å². The Labute approximate surface area is 160 Å². The third kappa shape index (κ3) is 4.37. The second-order valence-electron chi connectivity index (χ2n) is 6.55. The Morgan fingerprint density at radius 2 is 1.59 bits per heavy atom. The van der Waals surface area contributed by atoms with Gasteiger partial charge in [-0.25, -0.2) is 8.42 Å². The molecule has 0 saturated heterocycles. The van der Waals surface area contributed by atoms with Crippen molar-refractivity contribution in [3.8, 4) is 0 Å². The first-order chi connectivity index (χ1) is 12.9. The molecule has 0 saturated carbocycles. The van der Waals surface area contributed by atoms with E-state index in [0.29, 0.717) is 6.54 Å². The minimum absolute atomic E-state index is 0.0448. The number of sulfone groups is 1. The van der Waals surface area contributed by atoms with Gasteiger partial charge in [0.1, 0.15) is 0 Å². The molecule has 0 unspecified atom stereocenters. The van der Waals surface area contributed by atoms with Gasteiger partial charge in [0, 0.05) is 18.7 Å². The minimum Gasteiger partial charge on any atom is -0.313 e. The molecule has 0 heterocycles. The van der Waals surface area contributed by atoms with Crippen LogP contribution in [0.4, 0.5) is 5.69 Å². The number of nitrogens with zero attached hydrogens (tertiary/aromatic N) is 1. The Kier molecular flexibility index (Phi) is 5.61. The second-order valence-corrected chi connectivity index (χ2v) is 8.66. The van der Waals surface area contributed by atoms with Gasteiger partial charge in [0.25, 0.3) is 0 Å². The van der Waals surface area contributed by atoms with Crippen LogP contribution in [0.1, 0.15) is 18.9 Å². The number of amides is 1. The fourth-order valence-electron chi connectivity index (χ4n) is 3.07. The van der Waals surface area contributed by atoms with Gasteiger partial charge in [0.15, 0.2) is 9.84 Å². The minimum atomic E-state index is -3.48. The highest BCUT2D eigenvalue weighted by Gasteiger charge is 2.20. The van der Waals surface area contributed by atoms with E-state index < -0.39 is 9.84 Å². The first-order valence-corrected chi connectivity index (χ1v) is 10.6. The number of aryl methyl sites for hydroxylation is 1. The molecule has 3 aromatic rings. The summed E-state index contributed by atoms with van der Waals surface area (Å²) in [5, 5.41) is 2.15. The van der Waals surface area contributed by atoms with Crippen molar-refractivity contribution in [3.05, 3.63) is 72.3 Å². The molecule has 0 radical (unpaired) electrons. The monoisotopic (exact) mass is 381 g/mol. The Hall–Kier alpha value is -2.66. The molecule has 4 nitrogen and oxygen atoms in total. The van der Waals surface area contributed by atoms with E-state index in [1.807, 2.05) is 56.3 Å². The van der Waals surface area contributed by atoms with Gasteiger partial charge in [-0.1, -0.05) is 48.0 Å². The van der Waals surface area contributed by atoms with E-state index in [1.54, 1.807) is 29.2 Å². The topological polar surface area (TPSA) is 54.5 Å². The van der Waals surface area contributed by atoms with Crippen molar-refractivity contribution >= 4 is 32.2 Å². The summed E-state index contributed by atoms with van der Waals surface area (Å²) >= 11 is 0. The van der Waals surface area contributed by atoms with Crippen LogP contribution in [0.2, 0.25) is 0 Å². The highest BCUT2D eigenvalue weighted by Crippen LogP contribution is 2.23. The molecule has 0 bridgehead atoms. The molecule has 5 heteroatoms.